The molecule has 2 saturated carbocycles. The minimum absolute atomic E-state index is 0.00559. The Bertz CT molecular complexity index is 2110. The lowest BCUT2D eigenvalue weighted by atomic mass is 9.44. The monoisotopic (exact) mass is 914 g/mol. The van der Waals surface area contributed by atoms with Crippen molar-refractivity contribution >= 4 is 42.0 Å². The molecule has 5 aliphatic rings. The Morgan fingerprint density at radius 2 is 1.65 bits per heavy atom. The van der Waals surface area contributed by atoms with Crippen LogP contribution in [0.2, 0.25) is 0 Å². The van der Waals surface area contributed by atoms with E-state index < -0.39 is 124 Å². The number of nitrogens with zero attached hydrogens (tertiary/aromatic N) is 1. The van der Waals surface area contributed by atoms with Crippen LogP contribution in [0.1, 0.15) is 92.4 Å². The molecule has 1 aromatic carbocycles. The molecule has 2 saturated heterocycles. The first-order valence-corrected chi connectivity index (χ1v) is 21.7. The first kappa shape index (κ1) is 49.2. The topological polar surface area (TPSA) is 238 Å². The van der Waals surface area contributed by atoms with Crippen LogP contribution in [0.15, 0.2) is 41.5 Å². The lowest BCUT2D eigenvalue weighted by Crippen LogP contribution is -2.83. The van der Waals surface area contributed by atoms with Crippen molar-refractivity contribution in [1.29, 1.82) is 0 Å². The second-order valence-electron chi connectivity index (χ2n) is 19.9. The number of fused-ring (bicyclic) bond motifs is 4. The summed E-state index contributed by atoms with van der Waals surface area (Å²) >= 11 is 0. The third-order valence-corrected chi connectivity index (χ3v) is 13.5. The van der Waals surface area contributed by atoms with Crippen LogP contribution in [0.3, 0.4) is 0 Å². The normalized spacial score (nSPS) is 33.1. The summed E-state index contributed by atoms with van der Waals surface area (Å²) in [5.41, 5.74) is -8.58. The van der Waals surface area contributed by atoms with Crippen LogP contribution in [0, 0.1) is 22.7 Å². The average Bonchev–Trinajstić information content (AvgIpc) is 3.57. The Morgan fingerprint density at radius 3 is 2.18 bits per heavy atom. The summed E-state index contributed by atoms with van der Waals surface area (Å²) in [5.74, 6) is -5.47. The number of hydrogen-bond donors (Lipinski definition) is 2. The van der Waals surface area contributed by atoms with Crippen molar-refractivity contribution in [3.8, 4) is 0 Å². The van der Waals surface area contributed by atoms with Gasteiger partial charge < -0.3 is 58.0 Å². The van der Waals surface area contributed by atoms with Crippen molar-refractivity contribution in [2.75, 3.05) is 27.8 Å². The molecular weight excluding hydrogens is 853 g/mol. The summed E-state index contributed by atoms with van der Waals surface area (Å²) in [6, 6.07) is 6.60. The number of hydrogen-bond acceptors (Lipinski definition) is 17. The Morgan fingerprint density at radius 1 is 1.00 bits per heavy atom. The summed E-state index contributed by atoms with van der Waals surface area (Å²) in [7, 11) is 4.18. The van der Waals surface area contributed by atoms with Gasteiger partial charge in [-0.3, -0.25) is 9.59 Å². The fraction of sp³-hybridized carbons (Fsp3) is 0.674. The molecule has 65 heavy (non-hydrogen) atoms. The van der Waals surface area contributed by atoms with E-state index in [0.29, 0.717) is 0 Å². The lowest BCUT2D eigenvalue weighted by molar-refractivity contribution is -0.347. The highest BCUT2D eigenvalue weighted by Gasteiger charge is 2.83. The van der Waals surface area contributed by atoms with E-state index in [4.69, 9.17) is 42.6 Å². The van der Waals surface area contributed by atoms with Gasteiger partial charge in [0, 0.05) is 40.0 Å². The number of methoxy groups -OCH3 is 1. The number of benzene rings is 1. The van der Waals surface area contributed by atoms with Crippen LogP contribution in [0.25, 0.3) is 0 Å². The number of ether oxygens (including phenoxy) is 9. The van der Waals surface area contributed by atoms with Crippen molar-refractivity contribution in [2.24, 2.45) is 22.7 Å². The van der Waals surface area contributed by atoms with Gasteiger partial charge in [0.15, 0.2) is 41.9 Å². The summed E-state index contributed by atoms with van der Waals surface area (Å²) in [6.45, 7) is 15.6. The van der Waals surface area contributed by atoms with Crippen molar-refractivity contribution < 1.29 is 81.3 Å². The maximum absolute atomic E-state index is 16.0. The second kappa shape index (κ2) is 17.5. The van der Waals surface area contributed by atoms with Gasteiger partial charge in [0.25, 0.3) is 0 Å². The Balaban J connectivity index is 1.64. The predicted molar refractivity (Wildman–Crippen MR) is 225 cm³/mol. The number of carbonyl (C=O) groups excluding carboxylic acids is 7. The van der Waals surface area contributed by atoms with Gasteiger partial charge in [-0.1, -0.05) is 45.9 Å². The van der Waals surface area contributed by atoms with Gasteiger partial charge >= 0.3 is 36.2 Å². The molecule has 358 valence electrons. The van der Waals surface area contributed by atoms with Gasteiger partial charge in [-0.05, 0) is 70.2 Å². The smallest absolute Gasteiger partial charge is 0.454 e. The Labute approximate surface area is 378 Å². The van der Waals surface area contributed by atoms with Gasteiger partial charge in [-0.15, -0.1) is 0 Å². The fourth-order valence-electron chi connectivity index (χ4n) is 10.7. The van der Waals surface area contributed by atoms with Crippen LogP contribution < -0.4 is 5.32 Å². The largest absolute Gasteiger partial charge is 0.509 e. The number of ketones is 1. The zero-order valence-electron chi connectivity index (χ0n) is 39.2. The first-order chi connectivity index (χ1) is 30.2. The summed E-state index contributed by atoms with van der Waals surface area (Å²) < 4.78 is 55.2. The van der Waals surface area contributed by atoms with Crippen molar-refractivity contribution in [2.45, 2.75) is 148 Å². The molecule has 2 N–H and O–H groups in total. The van der Waals surface area contributed by atoms with E-state index >= 15 is 4.79 Å². The number of aliphatic hydroxyl groups is 1. The van der Waals surface area contributed by atoms with Crippen LogP contribution in [-0.2, 0) is 57.0 Å². The molecule has 19 heteroatoms. The second-order valence-corrected chi connectivity index (χ2v) is 19.9. The molecule has 3 aliphatic carbocycles. The highest BCUT2D eigenvalue weighted by atomic mass is 16.8. The third kappa shape index (κ3) is 8.32. The first-order valence-electron chi connectivity index (χ1n) is 21.7. The minimum Gasteiger partial charge on any atom is -0.454 e. The number of aliphatic hydroxyl groups excluding tert-OH is 1. The summed E-state index contributed by atoms with van der Waals surface area (Å²) in [5, 5.41) is 14.3. The van der Waals surface area contributed by atoms with Gasteiger partial charge in [-0.2, -0.15) is 0 Å². The molecule has 2 amide bonds. The lowest BCUT2D eigenvalue weighted by Gasteiger charge is -2.67. The standard InChI is InChI=1S/C46H62N2O17/c1-22(2)19-26(47-39(54)64-42(5,6)7)30(50)38(53)59-31-23(3)29-32(60-40(55)48(11)12)34(51)44(10)27(57-13)20-28-45(21-58-28,63-24(4)49)33(44)36(61-37(52)25-17-15-14-16-18-25)46(43(29,8)9)35(31)62-41(56)65-46/h14-18,22,26-28,30-33,35-36,50H,19-21H2,1-13H3,(H,47,54)/t26-,27-,28+,30+,31+,32+,33-,35-,36-,44+,45-,46+/m0/s1. The molecule has 4 fully saturated rings. The molecule has 6 rings (SSSR count). The van der Waals surface area contributed by atoms with E-state index in [9.17, 15) is 33.9 Å². The number of nitrogens with one attached hydrogen (secondary N) is 1. The molecule has 12 atom stereocenters. The number of alkyl carbamates (subject to hydrolysis) is 1. The number of amides is 2. The van der Waals surface area contributed by atoms with Crippen molar-refractivity contribution in [1.82, 2.24) is 10.2 Å². The van der Waals surface area contributed by atoms with Gasteiger partial charge in [-0.25, -0.2) is 24.0 Å². The molecule has 0 radical (unpaired) electrons. The van der Waals surface area contributed by atoms with Crippen molar-refractivity contribution in [3.63, 3.8) is 0 Å². The Hall–Kier alpha value is -5.27. The van der Waals surface area contributed by atoms with E-state index in [0.717, 1.165) is 4.90 Å². The quantitative estimate of drug-likeness (QED) is 0.177. The molecule has 1 spiro atoms. The van der Waals surface area contributed by atoms with E-state index in [1.54, 1.807) is 52.8 Å². The SMILES string of the molecule is CO[C@H]1C[C@H]2OC[C@@]2(OC(C)=O)[C@H]2[C@H](OC(=O)c3ccccc3)[C@]34OC(=O)O[C@H]3[C@H](OC(=O)[C@H](O)[C@H](CC(C)C)NC(=O)OC(C)(C)C)C(C)=C([C@@H](OC(=O)N(C)C)C(=O)[C@]12C)C4(C)C. The molecular formula is C46H62N2O17. The zero-order valence-corrected chi connectivity index (χ0v) is 39.2. The van der Waals surface area contributed by atoms with E-state index in [1.165, 1.54) is 54.1 Å². The number of rotatable bonds is 11. The maximum atomic E-state index is 16.0. The maximum Gasteiger partial charge on any atom is 0.509 e. The highest BCUT2D eigenvalue weighted by molar-refractivity contribution is 5.96. The average molecular weight is 915 g/mol. The van der Waals surface area contributed by atoms with Gasteiger partial charge in [0.05, 0.1) is 35.6 Å². The van der Waals surface area contributed by atoms with Crippen LogP contribution >= 0.6 is 0 Å². The molecule has 2 bridgehead atoms. The van der Waals surface area contributed by atoms with E-state index in [-0.39, 0.29) is 42.1 Å². The third-order valence-electron chi connectivity index (χ3n) is 13.5. The number of carbonyl (C=O) groups is 7. The van der Waals surface area contributed by atoms with Crippen LogP contribution in [0.4, 0.5) is 14.4 Å². The molecule has 19 nitrogen and oxygen atoms in total. The molecule has 2 heterocycles. The minimum atomic E-state index is -2.33. The molecule has 0 unspecified atom stereocenters. The fourth-order valence-corrected chi connectivity index (χ4v) is 10.7. The highest BCUT2D eigenvalue weighted by Crippen LogP contribution is 2.67. The summed E-state index contributed by atoms with van der Waals surface area (Å²) in [6.07, 6.45) is -14.4. The van der Waals surface area contributed by atoms with E-state index in [2.05, 4.69) is 5.32 Å². The van der Waals surface area contributed by atoms with Gasteiger partial charge in [0.1, 0.15) is 11.7 Å². The number of esters is 3. The molecule has 1 aromatic rings. The number of Topliss-reactive ketones (excluding diaryl/α,β-unsaturated/α-hetero) is 1. The summed E-state index contributed by atoms with van der Waals surface area (Å²) in [4.78, 5) is 100. The van der Waals surface area contributed by atoms with Gasteiger partial charge in [0.2, 0.25) is 5.60 Å². The van der Waals surface area contributed by atoms with E-state index in [1.807, 2.05) is 13.8 Å². The molecule has 0 aromatic heterocycles. The Kier molecular flexibility index (Phi) is 13.2. The molecule has 2 aliphatic heterocycles. The van der Waals surface area contributed by atoms with Crippen LogP contribution in [0.5, 0.6) is 0 Å². The van der Waals surface area contributed by atoms with Crippen LogP contribution in [-0.4, -0.2) is 145 Å². The zero-order chi connectivity index (χ0) is 48.4. The predicted octanol–water partition coefficient (Wildman–Crippen LogP) is 4.45. The van der Waals surface area contributed by atoms with Crippen molar-refractivity contribution in [3.05, 3.63) is 47.0 Å².